The number of hydrogen-bond acceptors (Lipinski definition) is 9. The highest BCUT2D eigenvalue weighted by Crippen LogP contribution is 2.35. The molecular formula is C51H53N9O5. The number of fused-ring (bicyclic) bond motifs is 1. The van der Waals surface area contributed by atoms with Gasteiger partial charge in [0.1, 0.15) is 24.1 Å². The third-order valence-electron chi connectivity index (χ3n) is 12.8. The number of aliphatic imine (C=N–C) groups is 1. The van der Waals surface area contributed by atoms with Gasteiger partial charge in [-0.15, -0.1) is 0 Å². The third-order valence-corrected chi connectivity index (χ3v) is 12.8. The number of nitrogens with zero attached hydrogens (tertiary/aromatic N) is 5. The molecule has 14 nitrogen and oxygen atoms in total. The van der Waals surface area contributed by atoms with Crippen molar-refractivity contribution in [3.8, 4) is 22.4 Å². The van der Waals surface area contributed by atoms with Crippen molar-refractivity contribution >= 4 is 40.3 Å². The Bertz CT molecular complexity index is 2720. The number of benzene rings is 4. The molecule has 5 atom stereocenters. The number of H-pyrrole nitrogens is 1. The van der Waals surface area contributed by atoms with Crippen LogP contribution in [-0.4, -0.2) is 99.3 Å². The molecule has 2 aromatic heterocycles. The van der Waals surface area contributed by atoms with Gasteiger partial charge < -0.3 is 30.2 Å². The largest absolute Gasteiger partial charge is 0.453 e. The Morgan fingerprint density at radius 1 is 0.754 bits per heavy atom. The van der Waals surface area contributed by atoms with Crippen LogP contribution in [0.15, 0.2) is 127 Å². The van der Waals surface area contributed by atoms with E-state index in [2.05, 4.69) is 86.6 Å². The number of carbonyl (C=O) groups is 4. The van der Waals surface area contributed by atoms with E-state index in [0.29, 0.717) is 36.6 Å². The van der Waals surface area contributed by atoms with Crippen LogP contribution in [0.5, 0.6) is 0 Å². The first-order chi connectivity index (χ1) is 31.6. The number of aromatic nitrogens is 3. The number of pyridine rings is 1. The fraction of sp³-hybridized carbons (Fsp3) is 0.314. The Labute approximate surface area is 377 Å². The SMILES string of the molecule is COC(=O)NC(C(=O)N1CCCC1C1N=C(c2ccc3cc(-c4ccc(-c5cnc(C6CCCN6C(=O)C(NC(=O)c6cccnc6)c6ccccc6)[nH]5)cc4)ccc3c2)CN1)C(C)C. The van der Waals surface area contributed by atoms with Crippen LogP contribution >= 0.6 is 0 Å². The number of ether oxygens (including phenoxy) is 1. The molecule has 0 bridgehead atoms. The quantitative estimate of drug-likeness (QED) is 0.0998. The van der Waals surface area contributed by atoms with Crippen molar-refractivity contribution in [2.45, 2.75) is 69.9 Å². The van der Waals surface area contributed by atoms with Gasteiger partial charge in [-0.25, -0.2) is 9.78 Å². The number of carbonyl (C=O) groups excluding carboxylic acids is 4. The molecule has 0 saturated carbocycles. The number of rotatable bonds is 12. The molecule has 5 unspecified atom stereocenters. The second-order valence-electron chi connectivity index (χ2n) is 17.3. The molecule has 4 aromatic carbocycles. The molecule has 0 aliphatic carbocycles. The summed E-state index contributed by atoms with van der Waals surface area (Å²) in [5.41, 5.74) is 7.10. The number of amides is 4. The minimum Gasteiger partial charge on any atom is -0.453 e. The molecule has 4 N–H and O–H groups in total. The van der Waals surface area contributed by atoms with E-state index in [0.717, 1.165) is 70.1 Å². The molecule has 3 aliphatic heterocycles. The molecular weight excluding hydrogens is 819 g/mol. The van der Waals surface area contributed by atoms with Crippen molar-refractivity contribution in [2.75, 3.05) is 26.7 Å². The molecule has 0 radical (unpaired) electrons. The van der Waals surface area contributed by atoms with Crippen LogP contribution in [0, 0.1) is 5.92 Å². The molecule has 3 aliphatic rings. The number of alkyl carbamates (subject to hydrolysis) is 1. The maximum absolute atomic E-state index is 14.3. The van der Waals surface area contributed by atoms with Crippen LogP contribution in [0.3, 0.4) is 0 Å². The standard InChI is InChI=1S/C51H53N9O5/c1-31(2)44(58-51(64)65-3)49(62)59-24-8-13-42(59)47-54-30-41(56-47)38-22-21-36-26-35(19-20-37(36)27-38)32-15-17-33(18-16-32)40-29-53-46(55-40)43-14-9-25-60(43)50(63)45(34-10-5-4-6-11-34)57-48(61)39-12-7-23-52-28-39/h4-7,10-12,15-23,26-29,31,42-45,47,54H,8-9,13-14,24-25,30H2,1-3H3,(H,53,55)(H,57,61)(H,58,64). The summed E-state index contributed by atoms with van der Waals surface area (Å²) in [5.74, 6) is -0.0328. The van der Waals surface area contributed by atoms with Gasteiger partial charge in [0.2, 0.25) is 11.8 Å². The summed E-state index contributed by atoms with van der Waals surface area (Å²) in [7, 11) is 1.30. The molecule has 5 heterocycles. The van der Waals surface area contributed by atoms with Crippen molar-refractivity contribution in [1.82, 2.24) is 40.7 Å². The van der Waals surface area contributed by atoms with E-state index in [1.54, 1.807) is 18.3 Å². The molecule has 4 amide bonds. The number of hydrogen-bond donors (Lipinski definition) is 4. The van der Waals surface area contributed by atoms with Crippen molar-refractivity contribution in [3.05, 3.63) is 144 Å². The van der Waals surface area contributed by atoms with Crippen LogP contribution < -0.4 is 16.0 Å². The molecule has 2 saturated heterocycles. The van der Waals surface area contributed by atoms with Crippen molar-refractivity contribution in [1.29, 1.82) is 0 Å². The van der Waals surface area contributed by atoms with Crippen LogP contribution in [0.25, 0.3) is 33.2 Å². The average molecular weight is 872 g/mol. The minimum atomic E-state index is -0.868. The zero-order valence-electron chi connectivity index (χ0n) is 36.7. The van der Waals surface area contributed by atoms with Gasteiger partial charge in [-0.3, -0.25) is 29.7 Å². The summed E-state index contributed by atoms with van der Waals surface area (Å²) >= 11 is 0. The number of aromatic amines is 1. The molecule has 65 heavy (non-hydrogen) atoms. The first-order valence-corrected chi connectivity index (χ1v) is 22.4. The number of likely N-dealkylation sites (tertiary alicyclic amines) is 2. The van der Waals surface area contributed by atoms with Gasteiger partial charge in [-0.1, -0.05) is 92.7 Å². The van der Waals surface area contributed by atoms with Gasteiger partial charge in [0.05, 0.1) is 42.4 Å². The maximum Gasteiger partial charge on any atom is 0.407 e. The highest BCUT2D eigenvalue weighted by molar-refractivity contribution is 6.06. The van der Waals surface area contributed by atoms with Crippen LogP contribution in [0.1, 0.15) is 78.9 Å². The average Bonchev–Trinajstić information content (AvgIpc) is 4.20. The van der Waals surface area contributed by atoms with Crippen LogP contribution in [0.4, 0.5) is 4.79 Å². The summed E-state index contributed by atoms with van der Waals surface area (Å²) < 4.78 is 4.79. The van der Waals surface area contributed by atoms with E-state index in [4.69, 9.17) is 14.7 Å². The third kappa shape index (κ3) is 9.12. The van der Waals surface area contributed by atoms with Gasteiger partial charge in [-0.2, -0.15) is 0 Å². The molecule has 14 heteroatoms. The lowest BCUT2D eigenvalue weighted by molar-refractivity contribution is -0.136. The highest BCUT2D eigenvalue weighted by atomic mass is 16.5. The Balaban J connectivity index is 0.863. The maximum atomic E-state index is 14.3. The Hall–Kier alpha value is -7.19. The molecule has 9 rings (SSSR count). The monoisotopic (exact) mass is 871 g/mol. The van der Waals surface area contributed by atoms with Gasteiger partial charge in [0, 0.05) is 32.0 Å². The first kappa shape index (κ1) is 43.1. The summed E-state index contributed by atoms with van der Waals surface area (Å²) in [4.78, 5) is 74.3. The molecule has 6 aromatic rings. The smallest absolute Gasteiger partial charge is 0.407 e. The van der Waals surface area contributed by atoms with E-state index in [1.807, 2.05) is 60.2 Å². The van der Waals surface area contributed by atoms with Gasteiger partial charge in [0.25, 0.3) is 5.91 Å². The number of nitrogens with one attached hydrogen (secondary N) is 4. The zero-order chi connectivity index (χ0) is 45.0. The van der Waals surface area contributed by atoms with Crippen molar-refractivity contribution in [3.63, 3.8) is 0 Å². The van der Waals surface area contributed by atoms with E-state index >= 15 is 0 Å². The Morgan fingerprint density at radius 2 is 1.46 bits per heavy atom. The lowest BCUT2D eigenvalue weighted by atomic mass is 9.98. The van der Waals surface area contributed by atoms with E-state index in [1.165, 1.54) is 13.3 Å². The Morgan fingerprint density at radius 3 is 2.20 bits per heavy atom. The van der Waals surface area contributed by atoms with Crippen molar-refractivity contribution in [2.24, 2.45) is 10.9 Å². The minimum absolute atomic E-state index is 0.0927. The van der Waals surface area contributed by atoms with Crippen molar-refractivity contribution < 1.29 is 23.9 Å². The normalized spacial score (nSPS) is 19.3. The van der Waals surface area contributed by atoms with Crippen LogP contribution in [-0.2, 0) is 14.3 Å². The number of imidazole rings is 1. The first-order valence-electron chi connectivity index (χ1n) is 22.4. The van der Waals surface area contributed by atoms with E-state index in [-0.39, 0.29) is 41.9 Å². The van der Waals surface area contributed by atoms with E-state index in [9.17, 15) is 19.2 Å². The zero-order valence-corrected chi connectivity index (χ0v) is 36.7. The summed E-state index contributed by atoms with van der Waals surface area (Å²) in [5, 5.41) is 11.5. The lowest BCUT2D eigenvalue weighted by Crippen LogP contribution is -2.55. The topological polar surface area (TPSA) is 174 Å². The molecule has 0 spiro atoms. The highest BCUT2D eigenvalue weighted by Gasteiger charge is 2.41. The predicted octanol–water partition coefficient (Wildman–Crippen LogP) is 7.22. The fourth-order valence-electron chi connectivity index (χ4n) is 9.36. The predicted molar refractivity (Wildman–Crippen MR) is 249 cm³/mol. The lowest BCUT2D eigenvalue weighted by Gasteiger charge is -2.32. The van der Waals surface area contributed by atoms with Gasteiger partial charge in [0.15, 0.2) is 0 Å². The van der Waals surface area contributed by atoms with E-state index < -0.39 is 18.2 Å². The summed E-state index contributed by atoms with van der Waals surface area (Å²) in [6.45, 7) is 5.62. The summed E-state index contributed by atoms with van der Waals surface area (Å²) in [6, 6.07) is 32.1. The second-order valence-corrected chi connectivity index (χ2v) is 17.3. The molecule has 332 valence electrons. The number of methoxy groups -OCH3 is 1. The van der Waals surface area contributed by atoms with Gasteiger partial charge >= 0.3 is 6.09 Å². The second kappa shape index (κ2) is 18.9. The van der Waals surface area contributed by atoms with Crippen LogP contribution in [0.2, 0.25) is 0 Å². The molecule has 2 fully saturated rings. The summed E-state index contributed by atoms with van der Waals surface area (Å²) in [6.07, 6.45) is 7.37. The van der Waals surface area contributed by atoms with Gasteiger partial charge in [-0.05, 0) is 94.5 Å². The Kier molecular flexibility index (Phi) is 12.5. The fourth-order valence-corrected chi connectivity index (χ4v) is 9.36.